The highest BCUT2D eigenvalue weighted by Gasteiger charge is 2.12. The Morgan fingerprint density at radius 3 is 2.50 bits per heavy atom. The van der Waals surface area contributed by atoms with Crippen molar-refractivity contribution in [1.82, 2.24) is 0 Å². The van der Waals surface area contributed by atoms with E-state index in [4.69, 9.17) is 5.73 Å². The van der Waals surface area contributed by atoms with Gasteiger partial charge in [-0.3, -0.25) is 0 Å². The van der Waals surface area contributed by atoms with Crippen LogP contribution in [0.5, 0.6) is 0 Å². The molecule has 0 amide bonds. The highest BCUT2D eigenvalue weighted by atomic mass is 14.6. The van der Waals surface area contributed by atoms with Crippen LogP contribution in [0.4, 0.5) is 0 Å². The lowest BCUT2D eigenvalue weighted by molar-refractivity contribution is 0.439. The Labute approximate surface area is 100 Å². The molecular weight excluding hydrogens is 194 g/mol. The average Bonchev–Trinajstić information content (AvgIpc) is 2.17. The molecule has 0 aliphatic rings. The highest BCUT2D eigenvalue weighted by Crippen LogP contribution is 2.24. The minimum Gasteiger partial charge on any atom is -0.324 e. The maximum Gasteiger partial charge on any atom is 0.0300 e. The van der Waals surface area contributed by atoms with E-state index in [0.717, 1.165) is 12.3 Å². The summed E-state index contributed by atoms with van der Waals surface area (Å²) >= 11 is 0. The number of aryl methyl sites for hydroxylation is 2. The number of hydrogen-bond acceptors (Lipinski definition) is 1. The van der Waals surface area contributed by atoms with Crippen molar-refractivity contribution in [2.24, 2.45) is 11.7 Å². The third-order valence-electron chi connectivity index (χ3n) is 3.26. The second-order valence-electron chi connectivity index (χ2n) is 5.10. The van der Waals surface area contributed by atoms with Gasteiger partial charge in [0.1, 0.15) is 0 Å². The summed E-state index contributed by atoms with van der Waals surface area (Å²) in [5.41, 5.74) is 10.2. The summed E-state index contributed by atoms with van der Waals surface area (Å²) in [4.78, 5) is 0. The lowest BCUT2D eigenvalue weighted by Gasteiger charge is -2.19. The van der Waals surface area contributed by atoms with Gasteiger partial charge >= 0.3 is 0 Å². The first-order valence-corrected chi connectivity index (χ1v) is 6.37. The fraction of sp³-hybridized carbons (Fsp3) is 0.600. The highest BCUT2D eigenvalue weighted by molar-refractivity contribution is 5.32. The van der Waals surface area contributed by atoms with Crippen molar-refractivity contribution in [2.75, 3.05) is 0 Å². The third kappa shape index (κ3) is 3.64. The summed E-state index contributed by atoms with van der Waals surface area (Å²) in [7, 11) is 0. The largest absolute Gasteiger partial charge is 0.324 e. The molecule has 0 spiro atoms. The monoisotopic (exact) mass is 219 g/mol. The molecule has 1 aromatic rings. The maximum absolute atomic E-state index is 6.28. The molecule has 0 radical (unpaired) electrons. The SMILES string of the molecule is CCCC(C)CC(N)c1ccc(C)cc1C. The van der Waals surface area contributed by atoms with Crippen molar-refractivity contribution < 1.29 is 0 Å². The minimum atomic E-state index is 0.196. The van der Waals surface area contributed by atoms with E-state index in [-0.39, 0.29) is 6.04 Å². The molecule has 0 aliphatic carbocycles. The lowest BCUT2D eigenvalue weighted by atomic mass is 9.91. The maximum atomic E-state index is 6.28. The zero-order chi connectivity index (χ0) is 12.1. The first kappa shape index (κ1) is 13.2. The molecule has 2 unspecified atom stereocenters. The third-order valence-corrected chi connectivity index (χ3v) is 3.26. The van der Waals surface area contributed by atoms with Gasteiger partial charge in [0.25, 0.3) is 0 Å². The number of nitrogens with two attached hydrogens (primary N) is 1. The van der Waals surface area contributed by atoms with Crippen LogP contribution in [0.2, 0.25) is 0 Å². The van der Waals surface area contributed by atoms with E-state index in [0.29, 0.717) is 0 Å². The Hall–Kier alpha value is -0.820. The topological polar surface area (TPSA) is 26.0 Å². The first-order chi connectivity index (χ1) is 7.54. The molecule has 1 nitrogen and oxygen atoms in total. The predicted molar refractivity (Wildman–Crippen MR) is 71.5 cm³/mol. The van der Waals surface area contributed by atoms with Crippen molar-refractivity contribution in [3.63, 3.8) is 0 Å². The molecule has 0 heterocycles. The molecule has 2 N–H and O–H groups in total. The van der Waals surface area contributed by atoms with Gasteiger partial charge in [0.15, 0.2) is 0 Å². The fourth-order valence-corrected chi connectivity index (χ4v) is 2.41. The molecule has 16 heavy (non-hydrogen) atoms. The quantitative estimate of drug-likeness (QED) is 0.791. The molecule has 0 aliphatic heterocycles. The Kier molecular flexibility index (Phi) is 5.01. The Bertz CT molecular complexity index is 330. The van der Waals surface area contributed by atoms with Crippen LogP contribution in [0, 0.1) is 19.8 Å². The molecule has 0 bridgehead atoms. The van der Waals surface area contributed by atoms with Gasteiger partial charge in [0.2, 0.25) is 0 Å². The van der Waals surface area contributed by atoms with E-state index in [2.05, 4.69) is 45.9 Å². The summed E-state index contributed by atoms with van der Waals surface area (Å²) in [6, 6.07) is 6.77. The van der Waals surface area contributed by atoms with Crippen LogP contribution in [0.3, 0.4) is 0 Å². The van der Waals surface area contributed by atoms with Crippen LogP contribution in [0.15, 0.2) is 18.2 Å². The summed E-state index contributed by atoms with van der Waals surface area (Å²) < 4.78 is 0. The molecule has 0 saturated carbocycles. The Balaban J connectivity index is 2.69. The normalized spacial score (nSPS) is 14.8. The summed E-state index contributed by atoms with van der Waals surface area (Å²) in [5, 5.41) is 0. The van der Waals surface area contributed by atoms with Gasteiger partial charge in [-0.1, -0.05) is 50.5 Å². The second-order valence-corrected chi connectivity index (χ2v) is 5.10. The van der Waals surface area contributed by atoms with Crippen LogP contribution in [-0.2, 0) is 0 Å². The van der Waals surface area contributed by atoms with Crippen LogP contribution in [0.1, 0.15) is 55.8 Å². The van der Waals surface area contributed by atoms with E-state index in [1.807, 2.05) is 0 Å². The van der Waals surface area contributed by atoms with E-state index in [1.54, 1.807) is 0 Å². The van der Waals surface area contributed by atoms with Gasteiger partial charge in [-0.05, 0) is 37.3 Å². The molecule has 1 heteroatoms. The van der Waals surface area contributed by atoms with Crippen molar-refractivity contribution in [2.45, 2.75) is 53.0 Å². The lowest BCUT2D eigenvalue weighted by Crippen LogP contribution is -2.15. The van der Waals surface area contributed by atoms with E-state index < -0.39 is 0 Å². The van der Waals surface area contributed by atoms with Gasteiger partial charge in [-0.2, -0.15) is 0 Å². The fourth-order valence-electron chi connectivity index (χ4n) is 2.41. The van der Waals surface area contributed by atoms with Gasteiger partial charge in [-0.15, -0.1) is 0 Å². The molecule has 1 rings (SSSR count). The second kappa shape index (κ2) is 6.05. The van der Waals surface area contributed by atoms with Crippen LogP contribution in [-0.4, -0.2) is 0 Å². The van der Waals surface area contributed by atoms with Crippen LogP contribution < -0.4 is 5.73 Å². The molecule has 90 valence electrons. The van der Waals surface area contributed by atoms with Gasteiger partial charge in [0, 0.05) is 6.04 Å². The van der Waals surface area contributed by atoms with Gasteiger partial charge in [0.05, 0.1) is 0 Å². The number of benzene rings is 1. The van der Waals surface area contributed by atoms with E-state index in [9.17, 15) is 0 Å². The van der Waals surface area contributed by atoms with Gasteiger partial charge < -0.3 is 5.73 Å². The van der Waals surface area contributed by atoms with Crippen LogP contribution >= 0.6 is 0 Å². The van der Waals surface area contributed by atoms with Crippen molar-refractivity contribution >= 4 is 0 Å². The minimum absolute atomic E-state index is 0.196. The molecule has 0 saturated heterocycles. The van der Waals surface area contributed by atoms with Crippen molar-refractivity contribution in [1.29, 1.82) is 0 Å². The average molecular weight is 219 g/mol. The molecular formula is C15H25N. The zero-order valence-electron chi connectivity index (χ0n) is 11.1. The van der Waals surface area contributed by atoms with Crippen molar-refractivity contribution in [3.05, 3.63) is 34.9 Å². The predicted octanol–water partition coefficient (Wildman–Crippen LogP) is 4.13. The Morgan fingerprint density at radius 1 is 1.25 bits per heavy atom. The smallest absolute Gasteiger partial charge is 0.0300 e. The number of hydrogen-bond donors (Lipinski definition) is 1. The molecule has 1 aromatic carbocycles. The molecule has 2 atom stereocenters. The summed E-state index contributed by atoms with van der Waals surface area (Å²) in [5.74, 6) is 0.723. The molecule has 0 aromatic heterocycles. The van der Waals surface area contributed by atoms with Crippen molar-refractivity contribution in [3.8, 4) is 0 Å². The molecule has 0 fully saturated rings. The first-order valence-electron chi connectivity index (χ1n) is 6.37. The standard InChI is InChI=1S/C15H25N/c1-5-6-11(2)10-15(16)14-8-7-12(3)9-13(14)4/h7-9,11,15H,5-6,10,16H2,1-4H3. The number of rotatable bonds is 5. The summed E-state index contributed by atoms with van der Waals surface area (Å²) in [6.45, 7) is 8.82. The van der Waals surface area contributed by atoms with E-state index >= 15 is 0 Å². The summed E-state index contributed by atoms with van der Waals surface area (Å²) in [6.07, 6.45) is 3.62. The zero-order valence-corrected chi connectivity index (χ0v) is 11.1. The van der Waals surface area contributed by atoms with Crippen LogP contribution in [0.25, 0.3) is 0 Å². The Morgan fingerprint density at radius 2 is 1.94 bits per heavy atom. The van der Waals surface area contributed by atoms with Gasteiger partial charge in [-0.25, -0.2) is 0 Å². The van der Waals surface area contributed by atoms with E-state index in [1.165, 1.54) is 29.5 Å².